The normalized spacial score (nSPS) is 15.5. The van der Waals surface area contributed by atoms with E-state index in [1.165, 1.54) is 19.3 Å². The predicted octanol–water partition coefficient (Wildman–Crippen LogP) is 4.58. The number of hydrogen-bond donors (Lipinski definition) is 1. The molecule has 0 aliphatic heterocycles. The molecule has 0 unspecified atom stereocenters. The van der Waals surface area contributed by atoms with Crippen LogP contribution in [0, 0.1) is 5.41 Å². The van der Waals surface area contributed by atoms with Crippen molar-refractivity contribution in [2.45, 2.75) is 45.1 Å². The van der Waals surface area contributed by atoms with Gasteiger partial charge >= 0.3 is 0 Å². The Bertz CT molecular complexity index is 877. The van der Waals surface area contributed by atoms with Gasteiger partial charge in [-0.2, -0.15) is 4.98 Å². The largest absolute Gasteiger partial charge is 0.489 e. The van der Waals surface area contributed by atoms with Gasteiger partial charge in [-0.25, -0.2) is 0 Å². The topological polar surface area (TPSA) is 87.1 Å². The molecule has 2 N–H and O–H groups in total. The first-order valence-electron chi connectivity index (χ1n) is 9.91. The highest BCUT2D eigenvalue weighted by atomic mass is 35.5. The third-order valence-electron chi connectivity index (χ3n) is 5.58. The van der Waals surface area contributed by atoms with Gasteiger partial charge in [0.05, 0.1) is 0 Å². The summed E-state index contributed by atoms with van der Waals surface area (Å²) in [4.78, 5) is 8.70. The molecular weight excluding hydrogens is 388 g/mol. The molecule has 3 aromatic rings. The van der Waals surface area contributed by atoms with Crippen LogP contribution in [0.15, 0.2) is 53.3 Å². The van der Waals surface area contributed by atoms with E-state index in [2.05, 4.69) is 15.1 Å². The number of rotatable bonds is 7. The molecule has 0 bridgehead atoms. The summed E-state index contributed by atoms with van der Waals surface area (Å²) in [7, 11) is 0. The Morgan fingerprint density at radius 2 is 1.86 bits per heavy atom. The minimum atomic E-state index is 0. The molecule has 1 aliphatic rings. The minimum absolute atomic E-state index is 0. The number of benzene rings is 1. The third kappa shape index (κ3) is 5.34. The van der Waals surface area contributed by atoms with Crippen LogP contribution < -0.4 is 10.5 Å². The van der Waals surface area contributed by atoms with Crippen LogP contribution in [0.5, 0.6) is 5.75 Å². The Kier molecular flexibility index (Phi) is 7.23. The van der Waals surface area contributed by atoms with Crippen molar-refractivity contribution in [2.24, 2.45) is 11.1 Å². The summed E-state index contributed by atoms with van der Waals surface area (Å²) in [5.41, 5.74) is 8.15. The fourth-order valence-electron chi connectivity index (χ4n) is 3.87. The molecule has 4 rings (SSSR count). The highest BCUT2D eigenvalue weighted by Gasteiger charge is 2.33. The van der Waals surface area contributed by atoms with Crippen LogP contribution in [0.4, 0.5) is 0 Å². The summed E-state index contributed by atoms with van der Waals surface area (Å²) in [5.74, 6) is 2.08. The fraction of sp³-hybridized carbons (Fsp3) is 0.409. The molecule has 1 saturated carbocycles. The summed E-state index contributed by atoms with van der Waals surface area (Å²) in [6, 6.07) is 11.6. The lowest BCUT2D eigenvalue weighted by atomic mass is 9.72. The first-order chi connectivity index (χ1) is 13.8. The van der Waals surface area contributed by atoms with Crippen molar-refractivity contribution in [2.75, 3.05) is 6.54 Å². The predicted molar refractivity (Wildman–Crippen MR) is 114 cm³/mol. The zero-order chi connectivity index (χ0) is 19.2. The second kappa shape index (κ2) is 9.85. The average molecular weight is 415 g/mol. The smallest absolute Gasteiger partial charge is 0.227 e. The molecule has 0 saturated heterocycles. The van der Waals surface area contributed by atoms with Crippen LogP contribution in [-0.4, -0.2) is 21.7 Å². The third-order valence-corrected chi connectivity index (χ3v) is 5.58. The molecule has 2 aromatic heterocycles. The fourth-order valence-corrected chi connectivity index (χ4v) is 3.87. The highest BCUT2D eigenvalue weighted by molar-refractivity contribution is 5.85. The number of aromatic nitrogens is 3. The van der Waals surface area contributed by atoms with Crippen LogP contribution in [0.2, 0.25) is 0 Å². The van der Waals surface area contributed by atoms with Crippen molar-refractivity contribution in [1.82, 2.24) is 15.1 Å². The second-order valence-electron chi connectivity index (χ2n) is 7.63. The Morgan fingerprint density at radius 3 is 2.55 bits per heavy atom. The molecule has 154 valence electrons. The maximum absolute atomic E-state index is 6.08. The van der Waals surface area contributed by atoms with Crippen molar-refractivity contribution in [3.05, 3.63) is 60.2 Å². The van der Waals surface area contributed by atoms with Gasteiger partial charge in [-0.15, -0.1) is 12.4 Å². The van der Waals surface area contributed by atoms with Crippen molar-refractivity contribution in [3.63, 3.8) is 0 Å². The number of nitrogens with zero attached hydrogens (tertiary/aromatic N) is 3. The molecule has 0 spiro atoms. The van der Waals surface area contributed by atoms with Crippen molar-refractivity contribution in [1.29, 1.82) is 0 Å². The van der Waals surface area contributed by atoms with Crippen LogP contribution >= 0.6 is 12.4 Å². The Labute approximate surface area is 177 Å². The van der Waals surface area contributed by atoms with Gasteiger partial charge in [-0.3, -0.25) is 4.98 Å². The van der Waals surface area contributed by atoms with E-state index < -0.39 is 0 Å². The summed E-state index contributed by atoms with van der Waals surface area (Å²) in [6.07, 6.45) is 10.4. The van der Waals surface area contributed by atoms with E-state index >= 15 is 0 Å². The van der Waals surface area contributed by atoms with Gasteiger partial charge in [-0.05, 0) is 55.1 Å². The standard InChI is InChI=1S/C22H26N4O2.ClH/c23-16-22(10-2-1-3-11-22)13-20-25-21(26-28-20)18-6-8-19(9-7-18)27-15-17-5-4-12-24-14-17;/h4-9,12,14H,1-3,10-11,13,15-16,23H2;1H. The lowest BCUT2D eigenvalue weighted by Crippen LogP contribution is -2.35. The number of ether oxygens (including phenoxy) is 1. The molecule has 1 aromatic carbocycles. The van der Waals surface area contributed by atoms with E-state index in [-0.39, 0.29) is 17.8 Å². The number of pyridine rings is 1. The first kappa shape index (κ1) is 21.3. The number of halogens is 1. The molecule has 0 radical (unpaired) electrons. The Balaban J connectivity index is 0.00000240. The summed E-state index contributed by atoms with van der Waals surface area (Å²) >= 11 is 0. The van der Waals surface area contributed by atoms with Gasteiger partial charge in [0.2, 0.25) is 11.7 Å². The summed E-state index contributed by atoms with van der Waals surface area (Å²) < 4.78 is 11.3. The highest BCUT2D eigenvalue weighted by Crippen LogP contribution is 2.38. The Hall–Kier alpha value is -2.44. The maximum atomic E-state index is 6.08. The van der Waals surface area contributed by atoms with Crippen molar-refractivity contribution < 1.29 is 9.26 Å². The molecule has 2 heterocycles. The number of hydrogen-bond acceptors (Lipinski definition) is 6. The van der Waals surface area contributed by atoms with Crippen LogP contribution in [-0.2, 0) is 13.0 Å². The summed E-state index contributed by atoms with van der Waals surface area (Å²) in [5, 5.41) is 4.16. The zero-order valence-corrected chi connectivity index (χ0v) is 17.2. The number of nitrogens with two attached hydrogens (primary N) is 1. The van der Waals surface area contributed by atoms with Gasteiger partial charge < -0.3 is 15.0 Å². The maximum Gasteiger partial charge on any atom is 0.227 e. The molecule has 6 nitrogen and oxygen atoms in total. The molecule has 0 amide bonds. The van der Waals surface area contributed by atoms with Gasteiger partial charge in [0.1, 0.15) is 12.4 Å². The molecule has 1 aliphatic carbocycles. The molecule has 1 fully saturated rings. The summed E-state index contributed by atoms with van der Waals surface area (Å²) in [6.45, 7) is 1.16. The molecule has 0 atom stereocenters. The second-order valence-corrected chi connectivity index (χ2v) is 7.63. The molecular formula is C22H27ClN4O2. The Morgan fingerprint density at radius 1 is 1.07 bits per heavy atom. The molecule has 29 heavy (non-hydrogen) atoms. The van der Waals surface area contributed by atoms with E-state index in [1.54, 1.807) is 12.4 Å². The van der Waals surface area contributed by atoms with E-state index in [4.69, 9.17) is 15.0 Å². The lowest BCUT2D eigenvalue weighted by molar-refractivity contribution is 0.177. The van der Waals surface area contributed by atoms with Crippen molar-refractivity contribution in [3.8, 4) is 17.1 Å². The van der Waals surface area contributed by atoms with Gasteiger partial charge in [0, 0.05) is 29.9 Å². The van der Waals surface area contributed by atoms with E-state index in [0.29, 0.717) is 24.9 Å². The van der Waals surface area contributed by atoms with E-state index in [1.807, 2.05) is 36.4 Å². The zero-order valence-electron chi connectivity index (χ0n) is 16.4. The lowest BCUT2D eigenvalue weighted by Gasteiger charge is -2.34. The molecule has 7 heteroatoms. The monoisotopic (exact) mass is 414 g/mol. The van der Waals surface area contributed by atoms with Crippen LogP contribution in [0.3, 0.4) is 0 Å². The SMILES string of the molecule is Cl.NCC1(Cc2nc(-c3ccc(OCc4cccnc4)cc3)no2)CCCCC1. The minimum Gasteiger partial charge on any atom is -0.489 e. The first-order valence-corrected chi connectivity index (χ1v) is 9.91. The van der Waals surface area contributed by atoms with Gasteiger partial charge in [0.25, 0.3) is 0 Å². The van der Waals surface area contributed by atoms with Crippen LogP contribution in [0.25, 0.3) is 11.4 Å². The quantitative estimate of drug-likeness (QED) is 0.608. The van der Waals surface area contributed by atoms with Crippen LogP contribution in [0.1, 0.15) is 43.6 Å². The van der Waals surface area contributed by atoms with E-state index in [0.717, 1.165) is 36.1 Å². The van der Waals surface area contributed by atoms with Gasteiger partial charge in [0.15, 0.2) is 0 Å². The van der Waals surface area contributed by atoms with Crippen molar-refractivity contribution >= 4 is 12.4 Å². The van der Waals surface area contributed by atoms with Gasteiger partial charge in [-0.1, -0.05) is 30.5 Å². The van der Waals surface area contributed by atoms with E-state index in [9.17, 15) is 0 Å². The average Bonchev–Trinajstić information content (AvgIpc) is 3.22.